The van der Waals surface area contributed by atoms with Gasteiger partial charge in [-0.15, -0.1) is 0 Å². The van der Waals surface area contributed by atoms with Crippen LogP contribution in [0.25, 0.3) is 0 Å². The quantitative estimate of drug-likeness (QED) is 0.292. The monoisotopic (exact) mass is 492 g/mol. The summed E-state index contributed by atoms with van der Waals surface area (Å²) in [7, 11) is 0. The van der Waals surface area contributed by atoms with Crippen LogP contribution in [0.4, 0.5) is 0 Å². The number of hydrogen-bond donors (Lipinski definition) is 1. The minimum atomic E-state index is -0.122. The normalized spacial score (nSPS) is 14.2. The van der Waals surface area contributed by atoms with Crippen LogP contribution in [0.15, 0.2) is 109 Å². The Morgan fingerprint density at radius 3 is 2.08 bits per heavy atom. The average molecular weight is 493 g/mol. The van der Waals surface area contributed by atoms with E-state index in [1.54, 1.807) is 12.1 Å². The van der Waals surface area contributed by atoms with Crippen molar-refractivity contribution >= 4 is 5.91 Å². The number of rotatable bonds is 9. The standard InChI is InChI=1S/C32H32N2O3/c35-32(27-14-16-29(17-15-27)36-28-11-5-2-6-12-28)33-23-26-10-7-13-31(22-26)37-30-18-20-34(21-19-30)24-25-8-3-1-4-9-25/h1-17,22,30H,18-21,23-24H2,(H,33,35). The first-order valence-corrected chi connectivity index (χ1v) is 12.8. The van der Waals surface area contributed by atoms with E-state index in [1.807, 2.05) is 66.7 Å². The third kappa shape index (κ3) is 7.21. The van der Waals surface area contributed by atoms with Crippen molar-refractivity contribution in [2.24, 2.45) is 0 Å². The van der Waals surface area contributed by atoms with Crippen molar-refractivity contribution in [1.82, 2.24) is 10.2 Å². The first kappa shape index (κ1) is 24.6. The fraction of sp³-hybridized carbons (Fsp3) is 0.219. The number of carbonyl (C=O) groups is 1. The Balaban J connectivity index is 1.08. The Bertz CT molecular complexity index is 1270. The number of nitrogens with one attached hydrogen (secondary N) is 1. The predicted molar refractivity (Wildman–Crippen MR) is 146 cm³/mol. The Kier molecular flexibility index (Phi) is 8.14. The number of amides is 1. The molecule has 1 aliphatic rings. The maximum Gasteiger partial charge on any atom is 0.251 e. The Hall–Kier alpha value is -4.09. The molecular weight excluding hydrogens is 460 g/mol. The van der Waals surface area contributed by atoms with E-state index in [-0.39, 0.29) is 12.0 Å². The summed E-state index contributed by atoms with van der Waals surface area (Å²) in [5.41, 5.74) is 2.96. The van der Waals surface area contributed by atoms with Crippen molar-refractivity contribution in [2.45, 2.75) is 32.0 Å². The molecule has 0 aromatic heterocycles. The summed E-state index contributed by atoms with van der Waals surface area (Å²) in [5, 5.41) is 3.00. The summed E-state index contributed by atoms with van der Waals surface area (Å²) in [6.45, 7) is 3.49. The summed E-state index contributed by atoms with van der Waals surface area (Å²) in [5.74, 6) is 2.19. The Morgan fingerprint density at radius 1 is 0.730 bits per heavy atom. The molecule has 1 N–H and O–H groups in total. The zero-order valence-corrected chi connectivity index (χ0v) is 20.9. The Morgan fingerprint density at radius 2 is 1.35 bits per heavy atom. The van der Waals surface area contributed by atoms with Crippen LogP contribution < -0.4 is 14.8 Å². The average Bonchev–Trinajstić information content (AvgIpc) is 2.95. The van der Waals surface area contributed by atoms with Gasteiger partial charge in [-0.2, -0.15) is 0 Å². The third-order valence-corrected chi connectivity index (χ3v) is 6.53. The van der Waals surface area contributed by atoms with Gasteiger partial charge in [-0.05, 0) is 72.5 Å². The number of nitrogens with zero attached hydrogens (tertiary/aromatic N) is 1. The van der Waals surface area contributed by atoms with E-state index < -0.39 is 0 Å². The minimum absolute atomic E-state index is 0.122. The molecule has 1 amide bonds. The molecular formula is C32H32N2O3. The lowest BCUT2D eigenvalue weighted by atomic mass is 10.1. The fourth-order valence-electron chi connectivity index (χ4n) is 4.53. The van der Waals surface area contributed by atoms with Crippen LogP contribution in [0.3, 0.4) is 0 Å². The van der Waals surface area contributed by atoms with Crippen molar-refractivity contribution in [2.75, 3.05) is 13.1 Å². The third-order valence-electron chi connectivity index (χ3n) is 6.53. The smallest absolute Gasteiger partial charge is 0.251 e. The van der Waals surface area contributed by atoms with Gasteiger partial charge in [0.05, 0.1) is 0 Å². The molecule has 1 heterocycles. The molecule has 0 radical (unpaired) electrons. The minimum Gasteiger partial charge on any atom is -0.490 e. The van der Waals surface area contributed by atoms with Gasteiger partial charge < -0.3 is 14.8 Å². The molecule has 1 saturated heterocycles. The molecule has 37 heavy (non-hydrogen) atoms. The second-order valence-electron chi connectivity index (χ2n) is 9.35. The molecule has 4 aromatic carbocycles. The first-order chi connectivity index (χ1) is 18.2. The molecule has 0 bridgehead atoms. The molecule has 0 aliphatic carbocycles. The summed E-state index contributed by atoms with van der Waals surface area (Å²) >= 11 is 0. The van der Waals surface area contributed by atoms with Crippen LogP contribution in [0.5, 0.6) is 17.2 Å². The molecule has 0 spiro atoms. The molecule has 4 aromatic rings. The van der Waals surface area contributed by atoms with Crippen LogP contribution in [-0.4, -0.2) is 30.0 Å². The highest BCUT2D eigenvalue weighted by molar-refractivity contribution is 5.94. The van der Waals surface area contributed by atoms with Crippen molar-refractivity contribution in [3.8, 4) is 17.2 Å². The van der Waals surface area contributed by atoms with Crippen LogP contribution in [0, 0.1) is 0 Å². The van der Waals surface area contributed by atoms with E-state index in [0.717, 1.165) is 49.5 Å². The maximum absolute atomic E-state index is 12.7. The fourth-order valence-corrected chi connectivity index (χ4v) is 4.53. The SMILES string of the molecule is O=C(NCc1cccc(OC2CCN(Cc3ccccc3)CC2)c1)c1ccc(Oc2ccccc2)cc1. The van der Waals surface area contributed by atoms with Gasteiger partial charge in [0.25, 0.3) is 5.91 Å². The number of para-hydroxylation sites is 1. The van der Waals surface area contributed by atoms with Crippen molar-refractivity contribution in [3.63, 3.8) is 0 Å². The number of hydrogen-bond acceptors (Lipinski definition) is 4. The number of piperidine rings is 1. The van der Waals surface area contributed by atoms with Gasteiger partial charge in [0.1, 0.15) is 23.4 Å². The highest BCUT2D eigenvalue weighted by Gasteiger charge is 2.20. The number of carbonyl (C=O) groups excluding carboxylic acids is 1. The van der Waals surface area contributed by atoms with Gasteiger partial charge in [-0.1, -0.05) is 60.7 Å². The van der Waals surface area contributed by atoms with Crippen LogP contribution in [0.2, 0.25) is 0 Å². The van der Waals surface area contributed by atoms with E-state index in [4.69, 9.17) is 9.47 Å². The van der Waals surface area contributed by atoms with E-state index in [9.17, 15) is 4.79 Å². The zero-order chi connectivity index (χ0) is 25.3. The topological polar surface area (TPSA) is 50.8 Å². The molecule has 1 fully saturated rings. The molecule has 5 rings (SSSR count). The molecule has 5 heteroatoms. The van der Waals surface area contributed by atoms with E-state index in [2.05, 4.69) is 40.5 Å². The van der Waals surface area contributed by atoms with Gasteiger partial charge in [0.2, 0.25) is 0 Å². The molecule has 5 nitrogen and oxygen atoms in total. The van der Waals surface area contributed by atoms with E-state index >= 15 is 0 Å². The van der Waals surface area contributed by atoms with Crippen molar-refractivity contribution in [3.05, 3.63) is 126 Å². The van der Waals surface area contributed by atoms with Gasteiger partial charge >= 0.3 is 0 Å². The van der Waals surface area contributed by atoms with Crippen LogP contribution in [-0.2, 0) is 13.1 Å². The number of likely N-dealkylation sites (tertiary alicyclic amines) is 1. The second-order valence-corrected chi connectivity index (χ2v) is 9.35. The summed E-state index contributed by atoms with van der Waals surface area (Å²) in [6.07, 6.45) is 2.24. The second kappa shape index (κ2) is 12.2. The molecule has 0 atom stereocenters. The summed E-state index contributed by atoms with van der Waals surface area (Å²) in [6, 6.07) is 35.4. The molecule has 0 saturated carbocycles. The van der Waals surface area contributed by atoms with Gasteiger partial charge in [-0.25, -0.2) is 0 Å². The van der Waals surface area contributed by atoms with Crippen LogP contribution in [0.1, 0.15) is 34.3 Å². The van der Waals surface area contributed by atoms with Crippen molar-refractivity contribution in [1.29, 1.82) is 0 Å². The zero-order valence-electron chi connectivity index (χ0n) is 20.9. The van der Waals surface area contributed by atoms with Gasteiger partial charge in [0, 0.05) is 31.7 Å². The van der Waals surface area contributed by atoms with Crippen LogP contribution >= 0.6 is 0 Å². The lowest BCUT2D eigenvalue weighted by Gasteiger charge is -2.32. The highest BCUT2D eigenvalue weighted by atomic mass is 16.5. The van der Waals surface area contributed by atoms with Gasteiger partial charge in [0.15, 0.2) is 0 Å². The van der Waals surface area contributed by atoms with Crippen molar-refractivity contribution < 1.29 is 14.3 Å². The predicted octanol–water partition coefficient (Wildman–Crippen LogP) is 6.45. The molecule has 1 aliphatic heterocycles. The van der Waals surface area contributed by atoms with E-state index in [0.29, 0.717) is 17.9 Å². The molecule has 0 unspecified atom stereocenters. The summed E-state index contributed by atoms with van der Waals surface area (Å²) in [4.78, 5) is 15.2. The Labute approximate surface area is 218 Å². The first-order valence-electron chi connectivity index (χ1n) is 12.8. The van der Waals surface area contributed by atoms with E-state index in [1.165, 1.54) is 5.56 Å². The van der Waals surface area contributed by atoms with Gasteiger partial charge in [-0.3, -0.25) is 9.69 Å². The number of ether oxygens (including phenoxy) is 2. The lowest BCUT2D eigenvalue weighted by Crippen LogP contribution is -2.37. The molecule has 188 valence electrons. The summed E-state index contributed by atoms with van der Waals surface area (Å²) < 4.78 is 12.1. The number of benzene rings is 4. The lowest BCUT2D eigenvalue weighted by molar-refractivity contribution is 0.0947. The largest absolute Gasteiger partial charge is 0.490 e. The maximum atomic E-state index is 12.7. The highest BCUT2D eigenvalue weighted by Crippen LogP contribution is 2.23.